The molecule has 8 nitrogen and oxygen atoms in total. The van der Waals surface area contributed by atoms with Crippen molar-refractivity contribution in [3.05, 3.63) is 63.7 Å². The summed E-state index contributed by atoms with van der Waals surface area (Å²) >= 11 is 0. The molecule has 0 saturated heterocycles. The number of fused-ring (bicyclic) bond motifs is 1. The Bertz CT molecular complexity index is 989. The number of rotatable bonds is 8. The van der Waals surface area contributed by atoms with Gasteiger partial charge in [-0.1, -0.05) is 26.0 Å². The number of nitrogens with zero attached hydrogens (tertiary/aromatic N) is 1. The lowest BCUT2D eigenvalue weighted by Crippen LogP contribution is -2.43. The van der Waals surface area contributed by atoms with Crippen molar-refractivity contribution < 1.29 is 28.3 Å². The molecule has 30 heavy (non-hydrogen) atoms. The molecule has 0 saturated carbocycles. The van der Waals surface area contributed by atoms with Crippen LogP contribution in [0.4, 0.5) is 0 Å². The summed E-state index contributed by atoms with van der Waals surface area (Å²) in [5.41, 5.74) is 0.117. The zero-order valence-electron chi connectivity index (χ0n) is 17.0. The molecule has 1 unspecified atom stereocenters. The molecule has 0 radical (unpaired) electrons. The van der Waals surface area contributed by atoms with Crippen molar-refractivity contribution in [2.24, 2.45) is 5.92 Å². The zero-order valence-corrected chi connectivity index (χ0v) is 17.0. The Kier molecular flexibility index (Phi) is 6.34. The van der Waals surface area contributed by atoms with E-state index >= 15 is 0 Å². The van der Waals surface area contributed by atoms with Crippen LogP contribution in [0.2, 0.25) is 0 Å². The van der Waals surface area contributed by atoms with Crippen molar-refractivity contribution in [3.8, 4) is 5.75 Å². The van der Waals surface area contributed by atoms with Gasteiger partial charge in [0.05, 0.1) is 17.7 Å². The van der Waals surface area contributed by atoms with Crippen molar-refractivity contribution in [1.29, 1.82) is 0 Å². The first-order chi connectivity index (χ1) is 14.3. The molecule has 1 aromatic heterocycles. The van der Waals surface area contributed by atoms with E-state index in [4.69, 9.17) is 13.9 Å². The number of carbonyl (C=O) groups excluding carboxylic acids is 3. The number of benzene rings is 1. The Morgan fingerprint density at radius 2 is 1.70 bits per heavy atom. The highest BCUT2D eigenvalue weighted by atomic mass is 16.5. The van der Waals surface area contributed by atoms with E-state index in [-0.39, 0.29) is 34.7 Å². The molecule has 2 aromatic rings. The quantitative estimate of drug-likeness (QED) is 0.484. The highest BCUT2D eigenvalue weighted by Crippen LogP contribution is 2.25. The van der Waals surface area contributed by atoms with Crippen LogP contribution in [-0.4, -0.2) is 35.3 Å². The third kappa shape index (κ3) is 4.42. The second-order valence-corrected chi connectivity index (χ2v) is 7.42. The SMILES string of the molecule is CC(C)CCOc1coc(COC(=O)C(C)N2C(=O)c3ccccc3C2=O)cc1=O. The number of amides is 2. The van der Waals surface area contributed by atoms with Gasteiger partial charge < -0.3 is 13.9 Å². The summed E-state index contributed by atoms with van der Waals surface area (Å²) in [4.78, 5) is 50.3. The predicted molar refractivity (Wildman–Crippen MR) is 106 cm³/mol. The van der Waals surface area contributed by atoms with Crippen molar-refractivity contribution in [3.63, 3.8) is 0 Å². The second kappa shape index (κ2) is 8.94. The third-order valence-electron chi connectivity index (χ3n) is 4.72. The van der Waals surface area contributed by atoms with Crippen LogP contribution in [0.15, 0.2) is 45.8 Å². The van der Waals surface area contributed by atoms with Gasteiger partial charge in [0.25, 0.3) is 11.8 Å². The van der Waals surface area contributed by atoms with Gasteiger partial charge in [-0.15, -0.1) is 0 Å². The van der Waals surface area contributed by atoms with Gasteiger partial charge in [-0.3, -0.25) is 19.3 Å². The summed E-state index contributed by atoms with van der Waals surface area (Å²) in [6.45, 7) is 5.59. The van der Waals surface area contributed by atoms with Crippen molar-refractivity contribution in [2.45, 2.75) is 39.8 Å². The third-order valence-corrected chi connectivity index (χ3v) is 4.72. The summed E-state index contributed by atoms with van der Waals surface area (Å²) in [5, 5.41) is 0. The van der Waals surface area contributed by atoms with Crippen LogP contribution in [-0.2, 0) is 16.1 Å². The smallest absolute Gasteiger partial charge is 0.329 e. The van der Waals surface area contributed by atoms with E-state index in [1.165, 1.54) is 31.4 Å². The van der Waals surface area contributed by atoms with Crippen LogP contribution in [0.5, 0.6) is 5.75 Å². The number of hydrogen-bond donors (Lipinski definition) is 0. The van der Waals surface area contributed by atoms with Gasteiger partial charge in [-0.05, 0) is 31.4 Å². The molecule has 1 aromatic carbocycles. The number of esters is 1. The summed E-state index contributed by atoms with van der Waals surface area (Å²) in [6, 6.07) is 6.43. The lowest BCUT2D eigenvalue weighted by atomic mass is 10.1. The van der Waals surface area contributed by atoms with Gasteiger partial charge in [0.1, 0.15) is 24.7 Å². The molecule has 0 aliphatic carbocycles. The first-order valence-electron chi connectivity index (χ1n) is 9.67. The maximum atomic E-state index is 12.5. The van der Waals surface area contributed by atoms with E-state index in [0.717, 1.165) is 11.3 Å². The number of imide groups is 1. The number of ether oxygens (including phenoxy) is 2. The standard InChI is InChI=1S/C22H23NO7/c1-13(2)8-9-28-19-12-29-15(10-18(19)24)11-30-22(27)14(3)23-20(25)16-6-4-5-7-17(16)21(23)26/h4-7,10,12-14H,8-9,11H2,1-3H3. The molecule has 1 aliphatic heterocycles. The summed E-state index contributed by atoms with van der Waals surface area (Å²) < 4.78 is 15.8. The lowest BCUT2D eigenvalue weighted by molar-refractivity contribution is -0.149. The Morgan fingerprint density at radius 3 is 2.27 bits per heavy atom. The van der Waals surface area contributed by atoms with Crippen molar-refractivity contribution in [1.82, 2.24) is 4.90 Å². The molecule has 2 heterocycles. The van der Waals surface area contributed by atoms with Crippen molar-refractivity contribution in [2.75, 3.05) is 6.61 Å². The van der Waals surface area contributed by atoms with Gasteiger partial charge in [0, 0.05) is 6.07 Å². The average Bonchev–Trinajstić information content (AvgIpc) is 2.97. The average molecular weight is 413 g/mol. The summed E-state index contributed by atoms with van der Waals surface area (Å²) in [7, 11) is 0. The van der Waals surface area contributed by atoms with Gasteiger partial charge in [0.2, 0.25) is 11.2 Å². The Labute approximate surface area is 173 Å². The minimum atomic E-state index is -1.12. The van der Waals surface area contributed by atoms with E-state index in [2.05, 4.69) is 0 Å². The molecule has 0 bridgehead atoms. The minimum absolute atomic E-state index is 0.0881. The zero-order chi connectivity index (χ0) is 21.8. The predicted octanol–water partition coefficient (Wildman–Crippen LogP) is 2.79. The molecular formula is C22H23NO7. The fourth-order valence-corrected chi connectivity index (χ4v) is 2.95. The normalized spacial score (nSPS) is 14.1. The van der Waals surface area contributed by atoms with E-state index in [9.17, 15) is 19.2 Å². The highest BCUT2D eigenvalue weighted by Gasteiger charge is 2.41. The van der Waals surface area contributed by atoms with Gasteiger partial charge in [-0.25, -0.2) is 4.79 Å². The van der Waals surface area contributed by atoms with E-state index in [0.29, 0.717) is 12.5 Å². The molecule has 0 N–H and O–H groups in total. The maximum absolute atomic E-state index is 12.5. The first kappa shape index (κ1) is 21.3. The van der Waals surface area contributed by atoms with E-state index < -0.39 is 23.8 Å². The Hall–Kier alpha value is -3.42. The molecule has 158 valence electrons. The van der Waals surface area contributed by atoms with Crippen molar-refractivity contribution >= 4 is 17.8 Å². The summed E-state index contributed by atoms with van der Waals surface area (Å²) in [6.07, 6.45) is 1.98. The summed E-state index contributed by atoms with van der Waals surface area (Å²) in [5.74, 6) is -1.22. The number of carbonyl (C=O) groups is 3. The highest BCUT2D eigenvalue weighted by molar-refractivity contribution is 6.22. The maximum Gasteiger partial charge on any atom is 0.329 e. The second-order valence-electron chi connectivity index (χ2n) is 7.42. The Morgan fingerprint density at radius 1 is 1.07 bits per heavy atom. The first-order valence-corrected chi connectivity index (χ1v) is 9.67. The van der Waals surface area contributed by atoms with Crippen LogP contribution < -0.4 is 10.2 Å². The number of hydrogen-bond acceptors (Lipinski definition) is 7. The van der Waals surface area contributed by atoms with Crippen LogP contribution in [0, 0.1) is 5.92 Å². The minimum Gasteiger partial charge on any atom is -0.487 e. The van der Waals surface area contributed by atoms with E-state index in [1.807, 2.05) is 13.8 Å². The largest absolute Gasteiger partial charge is 0.487 e. The monoisotopic (exact) mass is 413 g/mol. The van der Waals surface area contributed by atoms with Crippen LogP contribution in [0.1, 0.15) is 53.7 Å². The van der Waals surface area contributed by atoms with Crippen LogP contribution >= 0.6 is 0 Å². The van der Waals surface area contributed by atoms with E-state index in [1.54, 1.807) is 12.1 Å². The molecule has 1 aliphatic rings. The molecule has 1 atom stereocenters. The van der Waals surface area contributed by atoms with Crippen LogP contribution in [0.25, 0.3) is 0 Å². The van der Waals surface area contributed by atoms with Gasteiger partial charge in [0.15, 0.2) is 0 Å². The molecular weight excluding hydrogens is 390 g/mol. The molecule has 3 rings (SSSR count). The fraction of sp³-hybridized carbons (Fsp3) is 0.364. The van der Waals surface area contributed by atoms with Crippen LogP contribution in [0.3, 0.4) is 0 Å². The molecule has 2 amide bonds. The Balaban J connectivity index is 1.59. The lowest BCUT2D eigenvalue weighted by Gasteiger charge is -2.20. The van der Waals surface area contributed by atoms with Gasteiger partial charge in [-0.2, -0.15) is 0 Å². The molecule has 8 heteroatoms. The molecule has 0 spiro atoms. The molecule has 0 fully saturated rings. The fourth-order valence-electron chi connectivity index (χ4n) is 2.95. The van der Waals surface area contributed by atoms with Gasteiger partial charge >= 0.3 is 5.97 Å². The topological polar surface area (TPSA) is 103 Å².